The molecule has 2 aromatic rings. The summed E-state index contributed by atoms with van der Waals surface area (Å²) in [7, 11) is 0. The summed E-state index contributed by atoms with van der Waals surface area (Å²) in [6.45, 7) is 2.16. The first-order valence-electron chi connectivity index (χ1n) is 5.79. The van der Waals surface area contributed by atoms with Gasteiger partial charge in [-0.05, 0) is 42.3 Å². The molecule has 0 unspecified atom stereocenters. The van der Waals surface area contributed by atoms with E-state index in [1.807, 2.05) is 13.0 Å². The van der Waals surface area contributed by atoms with Gasteiger partial charge < -0.3 is 5.32 Å². The van der Waals surface area contributed by atoms with Gasteiger partial charge in [-0.2, -0.15) is 5.26 Å². The van der Waals surface area contributed by atoms with Crippen molar-refractivity contribution in [2.24, 2.45) is 0 Å². The summed E-state index contributed by atoms with van der Waals surface area (Å²) in [4.78, 5) is 0. The number of aryl methyl sites for hydroxylation is 1. The van der Waals surface area contributed by atoms with Crippen molar-refractivity contribution in [1.29, 1.82) is 5.26 Å². The molecular weight excluding hydrogens is 246 g/mol. The molecule has 0 spiro atoms. The van der Waals surface area contributed by atoms with Gasteiger partial charge in [-0.3, -0.25) is 0 Å². The van der Waals surface area contributed by atoms with Gasteiger partial charge >= 0.3 is 0 Å². The second-order valence-electron chi connectivity index (χ2n) is 4.20. The van der Waals surface area contributed by atoms with Gasteiger partial charge in [0.05, 0.1) is 11.6 Å². The van der Waals surface area contributed by atoms with Crippen LogP contribution >= 0.6 is 0 Å². The maximum atomic E-state index is 13.4. The SMILES string of the molecule is Cc1cc(C#N)ccc1CNc1c(F)cccc1F. The largest absolute Gasteiger partial charge is 0.376 e. The van der Waals surface area contributed by atoms with Crippen LogP contribution < -0.4 is 5.32 Å². The first-order chi connectivity index (χ1) is 9.11. The molecule has 0 amide bonds. The Morgan fingerprint density at radius 3 is 2.42 bits per heavy atom. The zero-order valence-electron chi connectivity index (χ0n) is 10.4. The smallest absolute Gasteiger partial charge is 0.149 e. The molecule has 0 saturated carbocycles. The van der Waals surface area contributed by atoms with Gasteiger partial charge in [0.25, 0.3) is 0 Å². The molecule has 4 heteroatoms. The Kier molecular flexibility index (Phi) is 3.76. The van der Waals surface area contributed by atoms with Crippen LogP contribution in [0.25, 0.3) is 0 Å². The third kappa shape index (κ3) is 2.89. The second kappa shape index (κ2) is 5.49. The lowest BCUT2D eigenvalue weighted by molar-refractivity contribution is 0.588. The summed E-state index contributed by atoms with van der Waals surface area (Å²) in [5, 5.41) is 11.5. The number of rotatable bonds is 3. The van der Waals surface area contributed by atoms with E-state index >= 15 is 0 Å². The maximum Gasteiger partial charge on any atom is 0.149 e. The molecule has 0 aliphatic carbocycles. The fourth-order valence-electron chi connectivity index (χ4n) is 1.81. The number of nitrogens with zero attached hydrogens (tertiary/aromatic N) is 1. The van der Waals surface area contributed by atoms with E-state index in [9.17, 15) is 8.78 Å². The Labute approximate surface area is 110 Å². The molecule has 19 heavy (non-hydrogen) atoms. The number of hydrogen-bond donors (Lipinski definition) is 1. The Morgan fingerprint density at radius 2 is 1.84 bits per heavy atom. The molecule has 0 aliphatic rings. The van der Waals surface area contributed by atoms with E-state index < -0.39 is 11.6 Å². The summed E-state index contributed by atoms with van der Waals surface area (Å²) >= 11 is 0. The van der Waals surface area contributed by atoms with Crippen molar-refractivity contribution in [1.82, 2.24) is 0 Å². The Hall–Kier alpha value is -2.41. The minimum atomic E-state index is -0.619. The van der Waals surface area contributed by atoms with Gasteiger partial charge in [0.2, 0.25) is 0 Å². The molecule has 0 heterocycles. The van der Waals surface area contributed by atoms with E-state index in [1.54, 1.807) is 18.2 Å². The zero-order chi connectivity index (χ0) is 13.8. The predicted octanol–water partition coefficient (Wildman–Crippen LogP) is 3.76. The van der Waals surface area contributed by atoms with Crippen molar-refractivity contribution >= 4 is 5.69 Å². The average Bonchev–Trinajstić information content (AvgIpc) is 2.39. The molecule has 1 N–H and O–H groups in total. The molecule has 2 aromatic carbocycles. The molecule has 0 fully saturated rings. The minimum Gasteiger partial charge on any atom is -0.376 e. The van der Waals surface area contributed by atoms with E-state index in [0.29, 0.717) is 12.1 Å². The molecular formula is C15H12F2N2. The summed E-state index contributed by atoms with van der Waals surface area (Å²) < 4.78 is 26.9. The van der Waals surface area contributed by atoms with Crippen LogP contribution in [-0.4, -0.2) is 0 Å². The Balaban J connectivity index is 2.17. The number of nitriles is 1. The standard InChI is InChI=1S/C15H12F2N2/c1-10-7-11(8-18)5-6-12(10)9-19-15-13(16)3-2-4-14(15)17/h2-7,19H,9H2,1H3. The van der Waals surface area contributed by atoms with Crippen molar-refractivity contribution in [3.8, 4) is 6.07 Å². The molecule has 0 aromatic heterocycles. The zero-order valence-corrected chi connectivity index (χ0v) is 10.4. The van der Waals surface area contributed by atoms with Crippen LogP contribution in [-0.2, 0) is 6.54 Å². The van der Waals surface area contributed by atoms with Crippen molar-refractivity contribution < 1.29 is 8.78 Å². The van der Waals surface area contributed by atoms with E-state index in [-0.39, 0.29) is 5.69 Å². The van der Waals surface area contributed by atoms with Crippen molar-refractivity contribution in [2.75, 3.05) is 5.32 Å². The highest BCUT2D eigenvalue weighted by molar-refractivity contribution is 5.47. The third-order valence-electron chi connectivity index (χ3n) is 2.89. The monoisotopic (exact) mass is 258 g/mol. The van der Waals surface area contributed by atoms with Crippen LogP contribution in [0.4, 0.5) is 14.5 Å². The number of benzene rings is 2. The molecule has 0 atom stereocenters. The number of nitrogens with one attached hydrogen (secondary N) is 1. The lowest BCUT2D eigenvalue weighted by Crippen LogP contribution is -2.05. The summed E-state index contributed by atoms with van der Waals surface area (Å²) in [5.74, 6) is -1.24. The summed E-state index contributed by atoms with van der Waals surface area (Å²) in [6.07, 6.45) is 0. The van der Waals surface area contributed by atoms with Gasteiger partial charge in [0.15, 0.2) is 0 Å². The molecule has 0 radical (unpaired) electrons. The molecule has 0 saturated heterocycles. The van der Waals surface area contributed by atoms with Gasteiger partial charge in [0.1, 0.15) is 17.3 Å². The van der Waals surface area contributed by atoms with Crippen molar-refractivity contribution in [3.63, 3.8) is 0 Å². The number of halogens is 2. The Bertz CT molecular complexity index is 625. The van der Waals surface area contributed by atoms with Crippen LogP contribution in [0, 0.1) is 29.9 Å². The fourth-order valence-corrected chi connectivity index (χ4v) is 1.81. The highest BCUT2D eigenvalue weighted by Gasteiger charge is 2.08. The van der Waals surface area contributed by atoms with Crippen LogP contribution in [0.2, 0.25) is 0 Å². The van der Waals surface area contributed by atoms with Gasteiger partial charge in [-0.25, -0.2) is 8.78 Å². The normalized spacial score (nSPS) is 10.0. The van der Waals surface area contributed by atoms with Crippen LogP contribution in [0.5, 0.6) is 0 Å². The van der Waals surface area contributed by atoms with E-state index in [4.69, 9.17) is 5.26 Å². The maximum absolute atomic E-state index is 13.4. The second-order valence-corrected chi connectivity index (χ2v) is 4.20. The number of para-hydroxylation sites is 1. The minimum absolute atomic E-state index is 0.133. The van der Waals surface area contributed by atoms with E-state index in [0.717, 1.165) is 11.1 Å². The predicted molar refractivity (Wildman–Crippen MR) is 69.6 cm³/mol. The first-order valence-corrected chi connectivity index (χ1v) is 5.79. The molecule has 0 aliphatic heterocycles. The van der Waals surface area contributed by atoms with E-state index in [2.05, 4.69) is 5.32 Å². The lowest BCUT2D eigenvalue weighted by atomic mass is 10.1. The third-order valence-corrected chi connectivity index (χ3v) is 2.89. The molecule has 2 rings (SSSR count). The van der Waals surface area contributed by atoms with Gasteiger partial charge in [0, 0.05) is 6.54 Å². The quantitative estimate of drug-likeness (QED) is 0.909. The number of anilines is 1. The van der Waals surface area contributed by atoms with Crippen molar-refractivity contribution in [3.05, 3.63) is 64.7 Å². The van der Waals surface area contributed by atoms with Gasteiger partial charge in [-0.1, -0.05) is 12.1 Å². The molecule has 96 valence electrons. The van der Waals surface area contributed by atoms with Crippen LogP contribution in [0.1, 0.15) is 16.7 Å². The van der Waals surface area contributed by atoms with Crippen molar-refractivity contribution in [2.45, 2.75) is 13.5 Å². The van der Waals surface area contributed by atoms with E-state index in [1.165, 1.54) is 18.2 Å². The van der Waals surface area contributed by atoms with Gasteiger partial charge in [-0.15, -0.1) is 0 Å². The fraction of sp³-hybridized carbons (Fsp3) is 0.133. The van der Waals surface area contributed by atoms with Crippen LogP contribution in [0.15, 0.2) is 36.4 Å². The molecule has 0 bridgehead atoms. The molecule has 2 nitrogen and oxygen atoms in total. The first kappa shape index (κ1) is 13.0. The highest BCUT2D eigenvalue weighted by atomic mass is 19.1. The number of hydrogen-bond acceptors (Lipinski definition) is 2. The Morgan fingerprint density at radius 1 is 1.16 bits per heavy atom. The summed E-state index contributed by atoms with van der Waals surface area (Å²) in [6, 6.07) is 11.0. The summed E-state index contributed by atoms with van der Waals surface area (Å²) in [5.41, 5.74) is 2.23. The lowest BCUT2D eigenvalue weighted by Gasteiger charge is -2.10. The average molecular weight is 258 g/mol. The topological polar surface area (TPSA) is 35.8 Å². The van der Waals surface area contributed by atoms with Crippen LogP contribution in [0.3, 0.4) is 0 Å². The highest BCUT2D eigenvalue weighted by Crippen LogP contribution is 2.20.